The molecule has 20 heavy (non-hydrogen) atoms. The van der Waals surface area contributed by atoms with Crippen molar-refractivity contribution in [3.63, 3.8) is 0 Å². The summed E-state index contributed by atoms with van der Waals surface area (Å²) in [6.07, 6.45) is 4.39. The Bertz CT molecular complexity index is 580. The fourth-order valence-electron chi connectivity index (χ4n) is 2.03. The standard InChI is InChI=1S/C15H20BrN3O/c1-4-5-6-19-10-11(2)17-15(19)18-13-7-12(16)8-14(9-13)20-3/h7-10H,4-6H2,1-3H3,(H,17,18). The number of methoxy groups -OCH3 is 1. The van der Waals surface area contributed by atoms with Gasteiger partial charge in [-0.25, -0.2) is 4.98 Å². The molecular weight excluding hydrogens is 318 g/mol. The largest absolute Gasteiger partial charge is 0.497 e. The summed E-state index contributed by atoms with van der Waals surface area (Å²) < 4.78 is 8.41. The Morgan fingerprint density at radius 1 is 1.35 bits per heavy atom. The average Bonchev–Trinajstić information content (AvgIpc) is 2.75. The van der Waals surface area contributed by atoms with Crippen LogP contribution >= 0.6 is 15.9 Å². The van der Waals surface area contributed by atoms with Gasteiger partial charge in [0.2, 0.25) is 5.95 Å². The molecule has 0 bridgehead atoms. The second kappa shape index (κ2) is 6.79. The lowest BCUT2D eigenvalue weighted by Gasteiger charge is -2.11. The third-order valence-electron chi connectivity index (χ3n) is 3.01. The Balaban J connectivity index is 2.22. The van der Waals surface area contributed by atoms with Gasteiger partial charge < -0.3 is 14.6 Å². The van der Waals surface area contributed by atoms with E-state index in [2.05, 4.69) is 43.9 Å². The fraction of sp³-hybridized carbons (Fsp3) is 0.400. The van der Waals surface area contributed by atoms with Gasteiger partial charge in [0.15, 0.2) is 0 Å². The molecule has 2 aromatic rings. The zero-order chi connectivity index (χ0) is 14.5. The van der Waals surface area contributed by atoms with E-state index in [9.17, 15) is 0 Å². The van der Waals surface area contributed by atoms with Crippen LogP contribution in [0.2, 0.25) is 0 Å². The van der Waals surface area contributed by atoms with Crippen LogP contribution in [0.5, 0.6) is 5.75 Å². The fourth-order valence-corrected chi connectivity index (χ4v) is 2.50. The van der Waals surface area contributed by atoms with Crippen LogP contribution in [0, 0.1) is 6.92 Å². The lowest BCUT2D eigenvalue weighted by atomic mass is 10.3. The zero-order valence-corrected chi connectivity index (χ0v) is 13.7. The van der Waals surface area contributed by atoms with Gasteiger partial charge in [-0.3, -0.25) is 0 Å². The third-order valence-corrected chi connectivity index (χ3v) is 3.47. The molecule has 0 amide bonds. The minimum absolute atomic E-state index is 0.810. The van der Waals surface area contributed by atoms with E-state index < -0.39 is 0 Å². The molecule has 0 spiro atoms. The average molecular weight is 338 g/mol. The number of hydrogen-bond donors (Lipinski definition) is 1. The number of nitrogens with zero attached hydrogens (tertiary/aromatic N) is 2. The third kappa shape index (κ3) is 3.76. The van der Waals surface area contributed by atoms with Gasteiger partial charge in [0.25, 0.3) is 0 Å². The maximum atomic E-state index is 5.28. The van der Waals surface area contributed by atoms with E-state index in [-0.39, 0.29) is 0 Å². The molecular formula is C15H20BrN3O. The lowest BCUT2D eigenvalue weighted by molar-refractivity contribution is 0.415. The topological polar surface area (TPSA) is 39.1 Å². The molecule has 2 rings (SSSR count). The van der Waals surface area contributed by atoms with Gasteiger partial charge in [-0.1, -0.05) is 29.3 Å². The number of unbranched alkanes of at least 4 members (excludes halogenated alkanes) is 1. The molecule has 0 aliphatic rings. The second-order valence-corrected chi connectivity index (χ2v) is 5.67. The van der Waals surface area contributed by atoms with E-state index in [1.54, 1.807) is 7.11 Å². The highest BCUT2D eigenvalue weighted by atomic mass is 79.9. The maximum absolute atomic E-state index is 5.28. The van der Waals surface area contributed by atoms with Crippen molar-refractivity contribution in [2.45, 2.75) is 33.2 Å². The van der Waals surface area contributed by atoms with Gasteiger partial charge in [-0.2, -0.15) is 0 Å². The molecule has 4 nitrogen and oxygen atoms in total. The number of nitrogens with one attached hydrogen (secondary N) is 1. The van der Waals surface area contributed by atoms with Crippen LogP contribution < -0.4 is 10.1 Å². The van der Waals surface area contributed by atoms with Crippen molar-refractivity contribution in [3.8, 4) is 5.75 Å². The normalized spacial score (nSPS) is 10.6. The van der Waals surface area contributed by atoms with E-state index in [0.29, 0.717) is 0 Å². The van der Waals surface area contributed by atoms with Crippen molar-refractivity contribution in [1.82, 2.24) is 9.55 Å². The quantitative estimate of drug-likeness (QED) is 0.842. The molecule has 0 radical (unpaired) electrons. The van der Waals surface area contributed by atoms with E-state index in [0.717, 1.165) is 40.5 Å². The summed E-state index contributed by atoms with van der Waals surface area (Å²) in [7, 11) is 1.66. The number of aromatic nitrogens is 2. The van der Waals surface area contributed by atoms with E-state index in [1.807, 2.05) is 25.1 Å². The Morgan fingerprint density at radius 3 is 2.85 bits per heavy atom. The van der Waals surface area contributed by atoms with Gasteiger partial charge in [0, 0.05) is 29.0 Å². The lowest BCUT2D eigenvalue weighted by Crippen LogP contribution is -2.03. The molecule has 0 aliphatic heterocycles. The summed E-state index contributed by atoms with van der Waals surface area (Å²) in [5, 5.41) is 3.36. The number of ether oxygens (including phenoxy) is 1. The van der Waals surface area contributed by atoms with Crippen molar-refractivity contribution in [1.29, 1.82) is 0 Å². The summed E-state index contributed by atoms with van der Waals surface area (Å²) in [5.41, 5.74) is 1.98. The number of imidazole rings is 1. The maximum Gasteiger partial charge on any atom is 0.207 e. The summed E-state index contributed by atoms with van der Waals surface area (Å²) in [5.74, 6) is 1.68. The molecule has 108 valence electrons. The van der Waals surface area contributed by atoms with Gasteiger partial charge in [0.05, 0.1) is 12.8 Å². The van der Waals surface area contributed by atoms with Crippen LogP contribution in [-0.2, 0) is 6.54 Å². The first-order chi connectivity index (χ1) is 9.62. The van der Waals surface area contributed by atoms with Crippen LogP contribution in [-0.4, -0.2) is 16.7 Å². The Hall–Kier alpha value is -1.49. The first kappa shape index (κ1) is 14.9. The van der Waals surface area contributed by atoms with Gasteiger partial charge in [0.1, 0.15) is 5.75 Å². The highest BCUT2D eigenvalue weighted by molar-refractivity contribution is 9.10. The van der Waals surface area contributed by atoms with Crippen molar-refractivity contribution < 1.29 is 4.74 Å². The van der Waals surface area contributed by atoms with Crippen LogP contribution in [0.25, 0.3) is 0 Å². The molecule has 0 unspecified atom stereocenters. The van der Waals surface area contributed by atoms with E-state index in [1.165, 1.54) is 6.42 Å². The molecule has 0 atom stereocenters. The summed E-state index contributed by atoms with van der Waals surface area (Å²) in [6.45, 7) is 5.18. The Morgan fingerprint density at radius 2 is 2.15 bits per heavy atom. The molecule has 0 aliphatic carbocycles. The summed E-state index contributed by atoms with van der Waals surface area (Å²) >= 11 is 3.49. The predicted octanol–water partition coefficient (Wildman–Crippen LogP) is 4.51. The SMILES string of the molecule is CCCCn1cc(C)nc1Nc1cc(Br)cc(OC)c1. The van der Waals surface area contributed by atoms with Crippen LogP contribution in [0.1, 0.15) is 25.5 Å². The first-order valence-electron chi connectivity index (χ1n) is 6.77. The summed E-state index contributed by atoms with van der Waals surface area (Å²) in [4.78, 5) is 4.54. The van der Waals surface area contributed by atoms with Gasteiger partial charge in [-0.05, 0) is 25.5 Å². The number of benzene rings is 1. The minimum Gasteiger partial charge on any atom is -0.497 e. The highest BCUT2D eigenvalue weighted by Gasteiger charge is 2.07. The van der Waals surface area contributed by atoms with Crippen LogP contribution in [0.4, 0.5) is 11.6 Å². The highest BCUT2D eigenvalue weighted by Crippen LogP contribution is 2.26. The monoisotopic (exact) mass is 337 g/mol. The minimum atomic E-state index is 0.810. The van der Waals surface area contributed by atoms with E-state index >= 15 is 0 Å². The Labute approximate surface area is 128 Å². The van der Waals surface area contributed by atoms with Crippen molar-refractivity contribution in [2.75, 3.05) is 12.4 Å². The molecule has 1 heterocycles. The Kier molecular flexibility index (Phi) is 5.06. The number of rotatable bonds is 6. The number of hydrogen-bond acceptors (Lipinski definition) is 3. The molecule has 0 fully saturated rings. The molecule has 0 saturated carbocycles. The second-order valence-electron chi connectivity index (χ2n) is 4.76. The summed E-state index contributed by atoms with van der Waals surface area (Å²) in [6, 6.07) is 5.90. The number of halogens is 1. The predicted molar refractivity (Wildman–Crippen MR) is 85.8 cm³/mol. The number of anilines is 2. The smallest absolute Gasteiger partial charge is 0.207 e. The molecule has 0 saturated heterocycles. The van der Waals surface area contributed by atoms with Crippen LogP contribution in [0.15, 0.2) is 28.9 Å². The zero-order valence-electron chi connectivity index (χ0n) is 12.1. The van der Waals surface area contributed by atoms with Crippen molar-refractivity contribution >= 4 is 27.6 Å². The molecule has 5 heteroatoms. The first-order valence-corrected chi connectivity index (χ1v) is 7.57. The van der Waals surface area contributed by atoms with Crippen LogP contribution in [0.3, 0.4) is 0 Å². The van der Waals surface area contributed by atoms with Gasteiger partial charge >= 0.3 is 0 Å². The molecule has 1 aromatic heterocycles. The van der Waals surface area contributed by atoms with Gasteiger partial charge in [-0.15, -0.1) is 0 Å². The molecule has 1 N–H and O–H groups in total. The van der Waals surface area contributed by atoms with E-state index in [4.69, 9.17) is 4.74 Å². The molecule has 1 aromatic carbocycles. The number of aryl methyl sites for hydroxylation is 2. The van der Waals surface area contributed by atoms with Crippen molar-refractivity contribution in [3.05, 3.63) is 34.6 Å². The van der Waals surface area contributed by atoms with Crippen molar-refractivity contribution in [2.24, 2.45) is 0 Å².